The second-order valence-corrected chi connectivity index (χ2v) is 6.09. The molecule has 2 amide bonds. The lowest BCUT2D eigenvalue weighted by Crippen LogP contribution is -2.31. The molecule has 27 heavy (non-hydrogen) atoms. The molecule has 6 nitrogen and oxygen atoms in total. The van der Waals surface area contributed by atoms with Crippen LogP contribution in [0.2, 0.25) is 0 Å². The van der Waals surface area contributed by atoms with Gasteiger partial charge in [0.15, 0.2) is 11.5 Å². The van der Waals surface area contributed by atoms with Gasteiger partial charge in [-0.05, 0) is 36.4 Å². The van der Waals surface area contributed by atoms with Crippen LogP contribution in [-0.4, -0.2) is 32.1 Å². The van der Waals surface area contributed by atoms with Crippen LogP contribution >= 0.6 is 0 Å². The van der Waals surface area contributed by atoms with Crippen molar-refractivity contribution in [2.24, 2.45) is 0 Å². The van der Waals surface area contributed by atoms with E-state index in [1.54, 1.807) is 18.2 Å². The zero-order valence-corrected chi connectivity index (χ0v) is 14.7. The predicted molar refractivity (Wildman–Crippen MR) is 95.8 cm³/mol. The maximum absolute atomic E-state index is 13.7. The molecule has 0 aromatic heterocycles. The molecule has 2 aromatic carbocycles. The fraction of sp³-hybridized carbons (Fsp3) is 0.200. The number of nitrogens with zero attached hydrogens (tertiary/aromatic N) is 1. The average Bonchev–Trinajstić information content (AvgIpc) is 2.94. The van der Waals surface area contributed by atoms with E-state index in [9.17, 15) is 14.0 Å². The number of ether oxygens (including phenoxy) is 3. The highest BCUT2D eigenvalue weighted by molar-refractivity contribution is 6.42. The van der Waals surface area contributed by atoms with Crippen LogP contribution in [0.4, 0.5) is 10.1 Å². The summed E-state index contributed by atoms with van der Waals surface area (Å²) >= 11 is 0. The van der Waals surface area contributed by atoms with Gasteiger partial charge in [-0.2, -0.15) is 0 Å². The molecule has 2 aliphatic rings. The second kappa shape index (κ2) is 6.42. The fourth-order valence-electron chi connectivity index (χ4n) is 3.32. The van der Waals surface area contributed by atoms with Gasteiger partial charge in [-0.15, -0.1) is 0 Å². The Morgan fingerprint density at radius 3 is 2.56 bits per heavy atom. The van der Waals surface area contributed by atoms with Crippen LogP contribution in [0.25, 0.3) is 11.3 Å². The lowest BCUT2D eigenvalue weighted by molar-refractivity contribution is -0.122. The molecule has 0 saturated carbocycles. The zero-order chi connectivity index (χ0) is 19.1. The monoisotopic (exact) mass is 369 g/mol. The number of amides is 2. The van der Waals surface area contributed by atoms with E-state index in [1.807, 2.05) is 0 Å². The Labute approximate surface area is 154 Å². The number of carbonyl (C=O) groups is 2. The quantitative estimate of drug-likeness (QED) is 0.601. The summed E-state index contributed by atoms with van der Waals surface area (Å²) in [6.45, 7) is 2.15. The molecule has 0 fully saturated rings. The van der Waals surface area contributed by atoms with Gasteiger partial charge in [0, 0.05) is 18.1 Å². The molecule has 0 spiro atoms. The van der Waals surface area contributed by atoms with E-state index < -0.39 is 17.6 Å². The van der Waals surface area contributed by atoms with Crippen molar-refractivity contribution in [2.45, 2.75) is 6.92 Å². The van der Waals surface area contributed by atoms with Gasteiger partial charge >= 0.3 is 0 Å². The van der Waals surface area contributed by atoms with Crippen LogP contribution in [0.15, 0.2) is 36.4 Å². The van der Waals surface area contributed by atoms with Crippen molar-refractivity contribution in [3.8, 4) is 11.5 Å². The van der Waals surface area contributed by atoms with Crippen molar-refractivity contribution >= 4 is 28.8 Å². The summed E-state index contributed by atoms with van der Waals surface area (Å²) in [4.78, 5) is 25.9. The van der Waals surface area contributed by atoms with E-state index in [2.05, 4.69) is 0 Å². The first-order chi connectivity index (χ1) is 13.0. The molecule has 2 aliphatic heterocycles. The van der Waals surface area contributed by atoms with E-state index in [1.165, 1.54) is 32.2 Å². The molecule has 0 radical (unpaired) electrons. The Hall–Kier alpha value is -3.35. The number of carbonyl (C=O) groups excluding carboxylic acids is 2. The van der Waals surface area contributed by atoms with E-state index >= 15 is 0 Å². The summed E-state index contributed by atoms with van der Waals surface area (Å²) in [7, 11) is 1.44. The number of halogens is 1. The number of hydrogen-bond donors (Lipinski definition) is 0. The number of fused-ring (bicyclic) bond motifs is 2. The summed E-state index contributed by atoms with van der Waals surface area (Å²) in [5.74, 6) is -0.173. The minimum Gasteiger partial charge on any atom is -0.495 e. The summed E-state index contributed by atoms with van der Waals surface area (Å²) in [6, 6.07) is 9.07. The van der Waals surface area contributed by atoms with E-state index in [4.69, 9.17) is 14.2 Å². The molecule has 0 aliphatic carbocycles. The highest BCUT2D eigenvalue weighted by Crippen LogP contribution is 2.43. The largest absolute Gasteiger partial charge is 0.495 e. The van der Waals surface area contributed by atoms with Crippen LogP contribution in [0.3, 0.4) is 0 Å². The molecular formula is C20H16FNO5. The number of benzene rings is 2. The predicted octanol–water partition coefficient (Wildman–Crippen LogP) is 3.00. The molecule has 0 unspecified atom stereocenters. The molecule has 138 valence electrons. The zero-order valence-electron chi connectivity index (χ0n) is 14.7. The van der Waals surface area contributed by atoms with E-state index in [-0.39, 0.29) is 17.0 Å². The van der Waals surface area contributed by atoms with Crippen molar-refractivity contribution in [2.75, 3.05) is 25.2 Å². The number of anilines is 1. The third kappa shape index (κ3) is 2.71. The Morgan fingerprint density at radius 2 is 1.85 bits per heavy atom. The number of methoxy groups -OCH3 is 1. The number of rotatable bonds is 2. The van der Waals surface area contributed by atoms with Gasteiger partial charge in [0.2, 0.25) is 5.91 Å². The number of imide groups is 1. The van der Waals surface area contributed by atoms with Crippen molar-refractivity contribution < 1.29 is 28.2 Å². The molecule has 0 atom stereocenters. The van der Waals surface area contributed by atoms with Gasteiger partial charge < -0.3 is 14.2 Å². The summed E-state index contributed by atoms with van der Waals surface area (Å²) in [5, 5.41) is 0. The molecule has 0 N–H and O–H groups in total. The summed E-state index contributed by atoms with van der Waals surface area (Å²) < 4.78 is 30.4. The Kier molecular flexibility index (Phi) is 4.07. The Bertz CT molecular complexity index is 998. The van der Waals surface area contributed by atoms with Gasteiger partial charge in [-0.3, -0.25) is 9.59 Å². The normalized spacial score (nSPS) is 16.9. The van der Waals surface area contributed by atoms with E-state index in [0.29, 0.717) is 35.8 Å². The van der Waals surface area contributed by atoms with Crippen LogP contribution in [0.1, 0.15) is 18.1 Å². The SMILES string of the molecule is COC(=C1C(=O)N(C(C)=O)c2cc(F)ccc21)c1ccc2c(c1)OCCO2. The first-order valence-electron chi connectivity index (χ1n) is 8.34. The first-order valence-corrected chi connectivity index (χ1v) is 8.34. The minimum absolute atomic E-state index is 0.194. The number of hydrogen-bond acceptors (Lipinski definition) is 5. The second-order valence-electron chi connectivity index (χ2n) is 6.09. The lowest BCUT2D eigenvalue weighted by Gasteiger charge is -2.19. The van der Waals surface area contributed by atoms with Crippen LogP contribution < -0.4 is 14.4 Å². The molecular weight excluding hydrogens is 353 g/mol. The summed E-state index contributed by atoms with van der Waals surface area (Å²) in [5.41, 5.74) is 1.42. The fourth-order valence-corrected chi connectivity index (χ4v) is 3.32. The van der Waals surface area contributed by atoms with Gasteiger partial charge in [0.05, 0.1) is 18.4 Å². The van der Waals surface area contributed by atoms with E-state index in [0.717, 1.165) is 4.90 Å². The topological polar surface area (TPSA) is 65.1 Å². The van der Waals surface area contributed by atoms with Gasteiger partial charge in [0.1, 0.15) is 24.8 Å². The molecule has 2 heterocycles. The molecule has 7 heteroatoms. The molecule has 0 bridgehead atoms. The van der Waals surface area contributed by atoms with Crippen molar-refractivity contribution in [1.82, 2.24) is 0 Å². The third-order valence-electron chi connectivity index (χ3n) is 4.44. The molecule has 0 saturated heterocycles. The Morgan fingerprint density at radius 1 is 1.11 bits per heavy atom. The standard InChI is InChI=1S/C20H16FNO5/c1-11(23)22-15-10-13(21)4-5-14(15)18(20(22)24)19(25-2)12-3-6-16-17(9-12)27-8-7-26-16/h3-6,9-10H,7-8H2,1-2H3. The maximum atomic E-state index is 13.7. The molecule has 2 aromatic rings. The minimum atomic E-state index is -0.560. The molecule has 4 rings (SSSR count). The maximum Gasteiger partial charge on any atom is 0.269 e. The van der Waals surface area contributed by atoms with Gasteiger partial charge in [0.25, 0.3) is 5.91 Å². The van der Waals surface area contributed by atoms with Crippen LogP contribution in [0, 0.1) is 5.82 Å². The highest BCUT2D eigenvalue weighted by Gasteiger charge is 2.38. The smallest absolute Gasteiger partial charge is 0.269 e. The van der Waals surface area contributed by atoms with Crippen molar-refractivity contribution in [3.05, 3.63) is 53.3 Å². The summed E-state index contributed by atoms with van der Waals surface area (Å²) in [6.07, 6.45) is 0. The first kappa shape index (κ1) is 17.1. The van der Waals surface area contributed by atoms with Crippen molar-refractivity contribution in [3.63, 3.8) is 0 Å². The van der Waals surface area contributed by atoms with Crippen LogP contribution in [0.5, 0.6) is 11.5 Å². The van der Waals surface area contributed by atoms with Crippen LogP contribution in [-0.2, 0) is 14.3 Å². The Balaban J connectivity index is 1.92. The average molecular weight is 369 g/mol. The highest BCUT2D eigenvalue weighted by atomic mass is 19.1. The lowest BCUT2D eigenvalue weighted by atomic mass is 10.0. The van der Waals surface area contributed by atoms with Crippen molar-refractivity contribution in [1.29, 1.82) is 0 Å². The van der Waals surface area contributed by atoms with Gasteiger partial charge in [-0.25, -0.2) is 9.29 Å². The van der Waals surface area contributed by atoms with Gasteiger partial charge in [-0.1, -0.05) is 0 Å². The third-order valence-corrected chi connectivity index (χ3v) is 4.44.